The average molecular weight is 322 g/mol. The zero-order valence-electron chi connectivity index (χ0n) is 13.5. The first-order valence-electron chi connectivity index (χ1n) is 7.40. The van der Waals surface area contributed by atoms with Gasteiger partial charge in [-0.05, 0) is 55.0 Å². The van der Waals surface area contributed by atoms with Crippen molar-refractivity contribution in [3.05, 3.63) is 53.6 Å². The van der Waals surface area contributed by atoms with Crippen LogP contribution in [0.3, 0.4) is 0 Å². The fourth-order valence-electron chi connectivity index (χ4n) is 2.14. The zero-order valence-corrected chi connectivity index (χ0v) is 13.5. The highest BCUT2D eigenvalue weighted by atomic mass is 16.2. The van der Waals surface area contributed by atoms with Crippen molar-refractivity contribution in [2.24, 2.45) is 0 Å². The number of nitrogens with one attached hydrogen (secondary N) is 3. The van der Waals surface area contributed by atoms with Crippen LogP contribution in [0.4, 0.5) is 17.1 Å². The van der Waals surface area contributed by atoms with Gasteiger partial charge in [-0.3, -0.25) is 9.59 Å². The quantitative estimate of drug-likeness (QED) is 0.738. The van der Waals surface area contributed by atoms with Crippen molar-refractivity contribution in [1.82, 2.24) is 0 Å². The number of aryl methyl sites for hydroxylation is 1. The Morgan fingerprint density at radius 1 is 0.958 bits per heavy atom. The van der Waals surface area contributed by atoms with Gasteiger partial charge in [0.1, 0.15) is 6.42 Å². The molecular weight excluding hydrogens is 304 g/mol. The van der Waals surface area contributed by atoms with Crippen molar-refractivity contribution in [3.63, 3.8) is 0 Å². The number of amides is 2. The Kier molecular flexibility index (Phi) is 5.53. The molecule has 0 spiro atoms. The lowest BCUT2D eigenvalue weighted by molar-refractivity contribution is -0.123. The molecule has 2 aromatic carbocycles. The van der Waals surface area contributed by atoms with E-state index >= 15 is 0 Å². The minimum absolute atomic E-state index is 0.285. The van der Waals surface area contributed by atoms with Crippen molar-refractivity contribution < 1.29 is 9.59 Å². The van der Waals surface area contributed by atoms with Crippen LogP contribution in [-0.2, 0) is 9.59 Å². The third-order valence-corrected chi connectivity index (χ3v) is 3.41. The van der Waals surface area contributed by atoms with Gasteiger partial charge in [-0.2, -0.15) is 5.26 Å². The average Bonchev–Trinajstić information content (AvgIpc) is 2.55. The van der Waals surface area contributed by atoms with E-state index in [4.69, 9.17) is 5.26 Å². The summed E-state index contributed by atoms with van der Waals surface area (Å²) in [5.41, 5.74) is 3.44. The summed E-state index contributed by atoms with van der Waals surface area (Å²) >= 11 is 0. The second-order valence-electron chi connectivity index (χ2n) is 5.24. The maximum Gasteiger partial charge on any atom is 0.233 e. The van der Waals surface area contributed by atoms with Crippen LogP contribution in [0.1, 0.15) is 17.5 Å². The molecule has 2 aromatic rings. The predicted octanol–water partition coefficient (Wildman–Crippen LogP) is 2.88. The van der Waals surface area contributed by atoms with Gasteiger partial charge in [0.25, 0.3) is 0 Å². The normalized spacial score (nSPS) is 9.71. The number of hydrogen-bond donors (Lipinski definition) is 3. The maximum absolute atomic E-state index is 11.9. The highest BCUT2D eigenvalue weighted by Gasteiger charge is 2.10. The summed E-state index contributed by atoms with van der Waals surface area (Å²) in [5.74, 6) is -0.807. The van der Waals surface area contributed by atoms with Crippen molar-refractivity contribution in [1.29, 1.82) is 5.26 Å². The summed E-state index contributed by atoms with van der Waals surface area (Å²) in [6.07, 6.45) is -0.285. The van der Waals surface area contributed by atoms with E-state index in [-0.39, 0.29) is 6.42 Å². The fraction of sp³-hybridized carbons (Fsp3) is 0.167. The minimum Gasteiger partial charge on any atom is -0.388 e. The maximum atomic E-state index is 11.9. The van der Waals surface area contributed by atoms with E-state index in [2.05, 4.69) is 22.0 Å². The van der Waals surface area contributed by atoms with Crippen molar-refractivity contribution >= 4 is 28.9 Å². The molecule has 3 N–H and O–H groups in total. The molecule has 0 fully saturated rings. The summed E-state index contributed by atoms with van der Waals surface area (Å²) in [7, 11) is 1.81. The van der Waals surface area contributed by atoms with E-state index in [0.717, 1.165) is 11.3 Å². The molecule has 0 radical (unpaired) electrons. The Labute approximate surface area is 140 Å². The third-order valence-electron chi connectivity index (χ3n) is 3.41. The van der Waals surface area contributed by atoms with E-state index in [1.165, 1.54) is 0 Å². The molecule has 6 nitrogen and oxygen atoms in total. The van der Waals surface area contributed by atoms with E-state index < -0.39 is 11.8 Å². The number of nitriles is 1. The van der Waals surface area contributed by atoms with Crippen molar-refractivity contribution in [2.75, 3.05) is 23.0 Å². The Morgan fingerprint density at radius 3 is 2.04 bits per heavy atom. The van der Waals surface area contributed by atoms with Gasteiger partial charge < -0.3 is 16.0 Å². The van der Waals surface area contributed by atoms with Gasteiger partial charge in [-0.25, -0.2) is 0 Å². The van der Waals surface area contributed by atoms with Gasteiger partial charge in [0.15, 0.2) is 0 Å². The van der Waals surface area contributed by atoms with Crippen LogP contribution in [-0.4, -0.2) is 18.9 Å². The summed E-state index contributed by atoms with van der Waals surface area (Å²) in [6, 6.07) is 14.2. The van der Waals surface area contributed by atoms with E-state index in [1.54, 1.807) is 37.3 Å². The number of nitrogens with zero attached hydrogens (tertiary/aromatic N) is 1. The summed E-state index contributed by atoms with van der Waals surface area (Å²) < 4.78 is 0. The van der Waals surface area contributed by atoms with E-state index in [1.807, 2.05) is 19.2 Å². The Morgan fingerprint density at radius 2 is 1.50 bits per heavy atom. The first-order chi connectivity index (χ1) is 11.5. The lowest BCUT2D eigenvalue weighted by Crippen LogP contribution is -2.21. The van der Waals surface area contributed by atoms with Crippen LogP contribution in [0.2, 0.25) is 0 Å². The first kappa shape index (κ1) is 17.0. The molecule has 0 aliphatic carbocycles. The molecule has 0 bridgehead atoms. The molecule has 0 aliphatic heterocycles. The van der Waals surface area contributed by atoms with E-state index in [0.29, 0.717) is 16.9 Å². The van der Waals surface area contributed by atoms with Crippen molar-refractivity contribution in [2.45, 2.75) is 13.3 Å². The predicted molar refractivity (Wildman–Crippen MR) is 93.8 cm³/mol. The van der Waals surface area contributed by atoms with Gasteiger partial charge in [-0.15, -0.1) is 0 Å². The summed E-state index contributed by atoms with van der Waals surface area (Å²) in [4.78, 5) is 23.8. The zero-order chi connectivity index (χ0) is 17.5. The standard InChI is InChI=1S/C18H18N4O2/c1-12-9-16(4-3-13(12)11-19)22-18(24)10-17(23)21-15-7-5-14(20-2)6-8-15/h3-9,20H,10H2,1-2H3,(H,21,23)(H,22,24). The van der Waals surface area contributed by atoms with Crippen LogP contribution in [0, 0.1) is 18.3 Å². The second-order valence-corrected chi connectivity index (χ2v) is 5.24. The van der Waals surface area contributed by atoms with Gasteiger partial charge in [0, 0.05) is 24.1 Å². The molecule has 2 rings (SSSR count). The number of rotatable bonds is 5. The molecule has 0 aromatic heterocycles. The molecule has 0 heterocycles. The molecule has 2 amide bonds. The lowest BCUT2D eigenvalue weighted by Gasteiger charge is -2.08. The Balaban J connectivity index is 1.90. The monoisotopic (exact) mass is 322 g/mol. The van der Waals surface area contributed by atoms with E-state index in [9.17, 15) is 9.59 Å². The summed E-state index contributed by atoms with van der Waals surface area (Å²) in [6.45, 7) is 1.79. The Hall–Kier alpha value is -3.33. The fourth-order valence-corrected chi connectivity index (χ4v) is 2.14. The highest BCUT2D eigenvalue weighted by molar-refractivity contribution is 6.08. The second kappa shape index (κ2) is 7.79. The SMILES string of the molecule is CNc1ccc(NC(=O)CC(=O)Nc2ccc(C#N)c(C)c2)cc1. The molecule has 6 heteroatoms. The first-order valence-corrected chi connectivity index (χ1v) is 7.40. The molecule has 0 saturated carbocycles. The largest absolute Gasteiger partial charge is 0.388 e. The van der Waals surface area contributed by atoms with Gasteiger partial charge >= 0.3 is 0 Å². The van der Waals surface area contributed by atoms with Crippen LogP contribution >= 0.6 is 0 Å². The van der Waals surface area contributed by atoms with Crippen LogP contribution < -0.4 is 16.0 Å². The Bertz CT molecular complexity index is 792. The molecule has 0 aliphatic rings. The summed E-state index contributed by atoms with van der Waals surface area (Å²) in [5, 5.41) is 17.2. The van der Waals surface area contributed by atoms with Gasteiger partial charge in [0.05, 0.1) is 11.6 Å². The molecule has 0 atom stereocenters. The molecule has 0 saturated heterocycles. The van der Waals surface area contributed by atoms with Crippen LogP contribution in [0.15, 0.2) is 42.5 Å². The number of anilines is 3. The van der Waals surface area contributed by atoms with Crippen molar-refractivity contribution in [3.8, 4) is 6.07 Å². The number of hydrogen-bond acceptors (Lipinski definition) is 4. The highest BCUT2D eigenvalue weighted by Crippen LogP contribution is 2.15. The molecule has 0 unspecified atom stereocenters. The lowest BCUT2D eigenvalue weighted by atomic mass is 10.1. The molecule has 122 valence electrons. The minimum atomic E-state index is -0.413. The molecule has 24 heavy (non-hydrogen) atoms. The van der Waals surface area contributed by atoms with Crippen LogP contribution in [0.5, 0.6) is 0 Å². The molecular formula is C18H18N4O2. The topological polar surface area (TPSA) is 94.0 Å². The van der Waals surface area contributed by atoms with Gasteiger partial charge in [-0.1, -0.05) is 0 Å². The number of carbonyl (C=O) groups excluding carboxylic acids is 2. The number of carbonyl (C=O) groups is 2. The third kappa shape index (κ3) is 4.58. The van der Waals surface area contributed by atoms with Crippen LogP contribution in [0.25, 0.3) is 0 Å². The van der Waals surface area contributed by atoms with Gasteiger partial charge in [0.2, 0.25) is 11.8 Å². The number of benzene rings is 2. The smallest absolute Gasteiger partial charge is 0.233 e.